The molecule has 65 heavy (non-hydrogen) atoms. The van der Waals surface area contributed by atoms with Gasteiger partial charge in [0.05, 0.1) is 40.3 Å². The van der Waals surface area contributed by atoms with Gasteiger partial charge in [0.25, 0.3) is 0 Å². The van der Waals surface area contributed by atoms with E-state index >= 15 is 0 Å². The molecule has 0 saturated carbocycles. The number of quaternary nitrogens is 1. The lowest BCUT2D eigenvalue weighted by atomic mass is 10.0. The first-order valence-electron chi connectivity index (χ1n) is 28.6. The second-order valence-corrected chi connectivity index (χ2v) is 20.9. The van der Waals surface area contributed by atoms with E-state index in [1.165, 1.54) is 225 Å². The minimum Gasteiger partial charge on any atom is -0.544 e. The summed E-state index contributed by atoms with van der Waals surface area (Å²) in [5.74, 6) is -1.70. The van der Waals surface area contributed by atoms with Crippen molar-refractivity contribution in [2.24, 2.45) is 0 Å². The van der Waals surface area contributed by atoms with Crippen molar-refractivity contribution in [2.75, 3.05) is 41.0 Å². The summed E-state index contributed by atoms with van der Waals surface area (Å²) < 4.78 is 17.3. The zero-order valence-electron chi connectivity index (χ0n) is 44.2. The highest BCUT2D eigenvalue weighted by atomic mass is 16.6. The lowest BCUT2D eigenvalue weighted by molar-refractivity contribution is -0.889. The molecule has 0 saturated heterocycles. The van der Waals surface area contributed by atoms with Gasteiger partial charge < -0.3 is 28.6 Å². The Morgan fingerprint density at radius 2 is 0.677 bits per heavy atom. The fourth-order valence-corrected chi connectivity index (χ4v) is 9.08. The average Bonchev–Trinajstić information content (AvgIpc) is 3.27. The maximum absolute atomic E-state index is 12.8. The number of hydrogen-bond acceptors (Lipinski definition) is 7. The molecule has 0 aliphatic heterocycles. The van der Waals surface area contributed by atoms with E-state index in [-0.39, 0.29) is 42.7 Å². The van der Waals surface area contributed by atoms with E-state index in [1.807, 2.05) is 21.1 Å². The molecular formula is C57H111NO7. The Bertz CT molecular complexity index is 1030. The maximum atomic E-state index is 12.8. The Kier molecular flexibility index (Phi) is 47.5. The molecule has 0 aromatic heterocycles. The van der Waals surface area contributed by atoms with Crippen molar-refractivity contribution in [2.45, 2.75) is 309 Å². The van der Waals surface area contributed by atoms with Gasteiger partial charge in [-0.1, -0.05) is 264 Å². The summed E-state index contributed by atoms with van der Waals surface area (Å²) in [6.45, 7) is 4.74. The minimum atomic E-state index is -1.12. The number of carboxylic acids is 1. The van der Waals surface area contributed by atoms with Crippen LogP contribution in [-0.4, -0.2) is 75.5 Å². The topological polar surface area (TPSA) is 102 Å². The fraction of sp³-hybridized carbons (Fsp3) is 0.947. The number of aliphatic carboxylic acids is 1. The number of nitrogens with zero attached hydrogens (tertiary/aromatic N) is 1. The van der Waals surface area contributed by atoms with Crippen molar-refractivity contribution in [3.05, 3.63) is 0 Å². The molecule has 2 atom stereocenters. The van der Waals surface area contributed by atoms with Crippen LogP contribution in [0.1, 0.15) is 296 Å². The molecule has 0 aromatic carbocycles. The third-order valence-electron chi connectivity index (χ3n) is 13.5. The third-order valence-corrected chi connectivity index (χ3v) is 13.5. The molecule has 0 aromatic rings. The van der Waals surface area contributed by atoms with Crippen LogP contribution in [0.25, 0.3) is 0 Å². The van der Waals surface area contributed by atoms with Gasteiger partial charge >= 0.3 is 11.9 Å². The van der Waals surface area contributed by atoms with Gasteiger partial charge in [0, 0.05) is 19.3 Å². The zero-order chi connectivity index (χ0) is 47.7. The summed E-state index contributed by atoms with van der Waals surface area (Å²) in [5.41, 5.74) is 0. The number of esters is 2. The van der Waals surface area contributed by atoms with Crippen molar-refractivity contribution < 1.29 is 38.2 Å². The fourth-order valence-electron chi connectivity index (χ4n) is 9.08. The molecule has 2 unspecified atom stereocenters. The van der Waals surface area contributed by atoms with Gasteiger partial charge in [-0.25, -0.2) is 0 Å². The molecule has 0 aliphatic rings. The molecule has 0 heterocycles. The molecule has 0 radical (unpaired) electrons. The largest absolute Gasteiger partial charge is 0.544 e. The molecule has 0 fully saturated rings. The number of hydrogen-bond donors (Lipinski definition) is 0. The van der Waals surface area contributed by atoms with Crippen LogP contribution in [0, 0.1) is 0 Å². The number of carbonyl (C=O) groups is 3. The quantitative estimate of drug-likeness (QED) is 0.0340. The smallest absolute Gasteiger partial charge is 0.306 e. The van der Waals surface area contributed by atoms with Crippen LogP contribution in [0.5, 0.6) is 0 Å². The van der Waals surface area contributed by atoms with Crippen molar-refractivity contribution in [1.29, 1.82) is 0 Å². The monoisotopic (exact) mass is 922 g/mol. The number of likely N-dealkylation sites (N-methyl/N-ethyl adjacent to an activating group) is 1. The second-order valence-electron chi connectivity index (χ2n) is 20.9. The minimum absolute atomic E-state index is 0.0501. The first-order valence-corrected chi connectivity index (χ1v) is 28.6. The van der Waals surface area contributed by atoms with Crippen LogP contribution in [0.15, 0.2) is 0 Å². The Labute approximate surface area is 404 Å². The highest BCUT2D eigenvalue weighted by Gasteiger charge is 2.25. The van der Waals surface area contributed by atoms with E-state index in [0.717, 1.165) is 38.5 Å². The molecular weight excluding hydrogens is 811 g/mol. The molecule has 0 amide bonds. The van der Waals surface area contributed by atoms with Crippen LogP contribution >= 0.6 is 0 Å². The average molecular weight is 923 g/mol. The lowest BCUT2D eigenvalue weighted by Crippen LogP contribution is -2.55. The summed E-state index contributed by atoms with van der Waals surface area (Å²) in [6, 6.07) is -0.720. The van der Waals surface area contributed by atoms with Gasteiger partial charge in [-0.2, -0.15) is 0 Å². The molecule has 0 rings (SSSR count). The Morgan fingerprint density at radius 1 is 0.400 bits per heavy atom. The number of ether oxygens (including phenoxy) is 3. The van der Waals surface area contributed by atoms with Gasteiger partial charge in [-0.3, -0.25) is 9.59 Å². The Balaban J connectivity index is 4.10. The van der Waals surface area contributed by atoms with Gasteiger partial charge in [0.1, 0.15) is 12.6 Å². The first-order chi connectivity index (χ1) is 31.6. The van der Waals surface area contributed by atoms with E-state index in [2.05, 4.69) is 13.8 Å². The van der Waals surface area contributed by atoms with Gasteiger partial charge in [-0.05, 0) is 12.8 Å². The van der Waals surface area contributed by atoms with Crippen molar-refractivity contribution in [3.8, 4) is 0 Å². The second kappa shape index (κ2) is 48.8. The zero-order valence-corrected chi connectivity index (χ0v) is 44.2. The summed E-state index contributed by atoms with van der Waals surface area (Å²) in [6.07, 6.45) is 54.3. The predicted octanol–water partition coefficient (Wildman–Crippen LogP) is 15.5. The molecule has 386 valence electrons. The molecule has 0 aliphatic carbocycles. The first kappa shape index (κ1) is 63.3. The van der Waals surface area contributed by atoms with Crippen LogP contribution in [0.3, 0.4) is 0 Å². The number of carboxylic acid groups (broad SMARTS) is 1. The molecule has 8 nitrogen and oxygen atoms in total. The Morgan fingerprint density at radius 3 is 0.954 bits per heavy atom. The van der Waals surface area contributed by atoms with Gasteiger partial charge in [0.2, 0.25) is 0 Å². The van der Waals surface area contributed by atoms with E-state index in [9.17, 15) is 19.5 Å². The van der Waals surface area contributed by atoms with Crippen LogP contribution in [0.2, 0.25) is 0 Å². The van der Waals surface area contributed by atoms with Crippen molar-refractivity contribution >= 4 is 17.9 Å². The third kappa shape index (κ3) is 47.2. The van der Waals surface area contributed by atoms with Crippen LogP contribution < -0.4 is 5.11 Å². The number of unbranched alkanes of at least 4 members (excludes halogenated alkanes) is 39. The van der Waals surface area contributed by atoms with Gasteiger partial charge in [0.15, 0.2) is 6.10 Å². The molecule has 0 spiro atoms. The van der Waals surface area contributed by atoms with Gasteiger partial charge in [-0.15, -0.1) is 0 Å². The van der Waals surface area contributed by atoms with E-state index < -0.39 is 18.1 Å². The lowest BCUT2D eigenvalue weighted by Gasteiger charge is -2.34. The summed E-state index contributed by atoms with van der Waals surface area (Å²) in [4.78, 5) is 37.1. The van der Waals surface area contributed by atoms with Crippen molar-refractivity contribution in [3.63, 3.8) is 0 Å². The highest BCUT2D eigenvalue weighted by Crippen LogP contribution is 2.18. The molecule has 8 heteroatoms. The summed E-state index contributed by atoms with van der Waals surface area (Å²) in [5, 5.41) is 11.7. The molecule has 0 N–H and O–H groups in total. The summed E-state index contributed by atoms with van der Waals surface area (Å²) >= 11 is 0. The normalized spacial score (nSPS) is 12.7. The van der Waals surface area contributed by atoms with E-state index in [1.54, 1.807) is 0 Å². The SMILES string of the molecule is CCCCCCCCCCCCCCCCCCCCCCCCCCC(=O)OC(COCCC(C(=O)[O-])[N+](C)(C)C)COC(=O)CCCCCCCCCCCCCCCCCCC. The Hall–Kier alpha value is -1.67. The highest BCUT2D eigenvalue weighted by molar-refractivity contribution is 5.70. The number of carbonyl (C=O) groups excluding carboxylic acids is 3. The predicted molar refractivity (Wildman–Crippen MR) is 273 cm³/mol. The maximum Gasteiger partial charge on any atom is 0.306 e. The van der Waals surface area contributed by atoms with Crippen LogP contribution in [0.4, 0.5) is 0 Å². The van der Waals surface area contributed by atoms with E-state index in [0.29, 0.717) is 12.8 Å². The summed E-state index contributed by atoms with van der Waals surface area (Å²) in [7, 11) is 5.44. The van der Waals surface area contributed by atoms with Crippen LogP contribution in [-0.2, 0) is 28.6 Å². The van der Waals surface area contributed by atoms with Crippen molar-refractivity contribution in [1.82, 2.24) is 0 Å². The van der Waals surface area contributed by atoms with E-state index in [4.69, 9.17) is 14.2 Å². The molecule has 0 bridgehead atoms. The number of rotatable bonds is 53. The standard InChI is InChI=1S/C57H111NO7/c1-6-8-10-12-14-16-18-20-22-24-25-26-27-28-29-30-32-34-36-38-40-42-44-46-48-56(60)65-53(51-63-50-49-54(57(61)62)58(3,4)5)52-64-55(59)47-45-43-41-39-37-35-33-31-23-21-19-17-15-13-11-9-7-2/h53-54H,6-52H2,1-5H3.